The predicted octanol–water partition coefficient (Wildman–Crippen LogP) is 3.71. The highest BCUT2D eigenvalue weighted by Crippen LogP contribution is 2.27. The number of benzene rings is 1. The number of halogens is 1. The number of aryl methyl sites for hydroxylation is 1. The van der Waals surface area contributed by atoms with Crippen LogP contribution >= 0.6 is 11.3 Å². The van der Waals surface area contributed by atoms with Crippen LogP contribution in [0.15, 0.2) is 52.6 Å². The number of amides is 1. The largest absolute Gasteiger partial charge is 0.484 e. The normalized spacial score (nSPS) is 10.8. The maximum atomic E-state index is 13.0. The van der Waals surface area contributed by atoms with Gasteiger partial charge in [0.2, 0.25) is 5.95 Å². The Kier molecular flexibility index (Phi) is 6.13. The van der Waals surface area contributed by atoms with Crippen LogP contribution in [-0.4, -0.2) is 32.3 Å². The molecule has 0 unspecified atom stereocenters. The van der Waals surface area contributed by atoms with Crippen molar-refractivity contribution in [2.24, 2.45) is 0 Å². The van der Waals surface area contributed by atoms with Crippen LogP contribution in [-0.2, 0) is 11.2 Å². The topological polar surface area (TPSA) is 102 Å². The molecular weight excluding hydrogens is 433 g/mol. The van der Waals surface area contributed by atoms with E-state index in [4.69, 9.17) is 4.74 Å². The van der Waals surface area contributed by atoms with Gasteiger partial charge in [-0.15, -0.1) is 11.3 Å². The Labute approximate surface area is 186 Å². The van der Waals surface area contributed by atoms with Crippen LogP contribution in [0.2, 0.25) is 0 Å². The lowest BCUT2D eigenvalue weighted by molar-refractivity contribution is -0.118. The van der Waals surface area contributed by atoms with E-state index in [1.54, 1.807) is 13.0 Å². The second-order valence-corrected chi connectivity index (χ2v) is 7.85. The van der Waals surface area contributed by atoms with Gasteiger partial charge in [0, 0.05) is 17.3 Å². The Balaban J connectivity index is 1.62. The summed E-state index contributed by atoms with van der Waals surface area (Å²) in [5.74, 6) is 0.0522. The summed E-state index contributed by atoms with van der Waals surface area (Å²) in [6, 6.07) is 10.9. The van der Waals surface area contributed by atoms with E-state index in [1.807, 2.05) is 24.4 Å². The van der Waals surface area contributed by atoms with E-state index in [2.05, 4.69) is 20.4 Å². The standard InChI is InChI=1S/C22H20FN5O3S/c1-3-16-13(2)24-22(26-21(16)30)28-19(11-17(27-28)18-5-4-10-32-18)25-20(29)12-31-15-8-6-14(23)7-9-15/h4-11H,3,12H2,1-2H3,(H,25,29)(H,24,26,30). The number of aromatic amines is 1. The minimum Gasteiger partial charge on any atom is -0.484 e. The number of carbonyl (C=O) groups excluding carboxylic acids is 1. The lowest BCUT2D eigenvalue weighted by Gasteiger charge is -2.10. The number of nitrogens with zero attached hydrogens (tertiary/aromatic N) is 3. The van der Waals surface area contributed by atoms with Crippen LogP contribution in [0.3, 0.4) is 0 Å². The van der Waals surface area contributed by atoms with E-state index in [1.165, 1.54) is 40.3 Å². The molecule has 0 aliphatic carbocycles. The quantitative estimate of drug-likeness (QED) is 0.444. The number of aromatic nitrogens is 4. The fourth-order valence-electron chi connectivity index (χ4n) is 3.15. The lowest BCUT2D eigenvalue weighted by Crippen LogP contribution is -2.24. The molecule has 8 nitrogen and oxygen atoms in total. The number of carbonyl (C=O) groups is 1. The fourth-order valence-corrected chi connectivity index (χ4v) is 3.83. The predicted molar refractivity (Wildman–Crippen MR) is 120 cm³/mol. The summed E-state index contributed by atoms with van der Waals surface area (Å²) in [5, 5.41) is 9.20. The van der Waals surface area contributed by atoms with Crippen molar-refractivity contribution in [3.8, 4) is 22.3 Å². The third-order valence-corrected chi connectivity index (χ3v) is 5.59. The molecule has 0 radical (unpaired) electrons. The van der Waals surface area contributed by atoms with E-state index in [0.717, 1.165) is 4.88 Å². The molecule has 32 heavy (non-hydrogen) atoms. The van der Waals surface area contributed by atoms with Crippen LogP contribution in [0.4, 0.5) is 10.2 Å². The summed E-state index contributed by atoms with van der Waals surface area (Å²) in [6.45, 7) is 3.35. The summed E-state index contributed by atoms with van der Waals surface area (Å²) in [6.07, 6.45) is 0.554. The van der Waals surface area contributed by atoms with Gasteiger partial charge in [-0.3, -0.25) is 14.6 Å². The molecule has 4 aromatic rings. The first-order valence-corrected chi connectivity index (χ1v) is 10.7. The highest BCUT2D eigenvalue weighted by Gasteiger charge is 2.17. The molecule has 0 saturated carbocycles. The molecule has 4 rings (SSSR count). The Morgan fingerprint density at radius 1 is 1.28 bits per heavy atom. The highest BCUT2D eigenvalue weighted by atomic mass is 32.1. The highest BCUT2D eigenvalue weighted by molar-refractivity contribution is 7.13. The summed E-state index contributed by atoms with van der Waals surface area (Å²) in [5.41, 5.74) is 1.56. The molecule has 0 bridgehead atoms. The number of hydrogen-bond acceptors (Lipinski definition) is 6. The van der Waals surface area contributed by atoms with E-state index in [-0.39, 0.29) is 18.1 Å². The number of anilines is 1. The Morgan fingerprint density at radius 3 is 2.72 bits per heavy atom. The smallest absolute Gasteiger partial charge is 0.263 e. The van der Waals surface area contributed by atoms with Crippen molar-refractivity contribution in [3.05, 3.63) is 75.3 Å². The minimum atomic E-state index is -0.447. The second-order valence-electron chi connectivity index (χ2n) is 6.90. The Bertz CT molecular complexity index is 1300. The van der Waals surface area contributed by atoms with Crippen molar-refractivity contribution in [1.82, 2.24) is 19.7 Å². The number of rotatable bonds is 7. The van der Waals surface area contributed by atoms with Gasteiger partial charge in [-0.1, -0.05) is 13.0 Å². The molecule has 3 heterocycles. The lowest BCUT2D eigenvalue weighted by atomic mass is 10.2. The third-order valence-electron chi connectivity index (χ3n) is 4.70. The van der Waals surface area contributed by atoms with Gasteiger partial charge in [-0.05, 0) is 49.1 Å². The van der Waals surface area contributed by atoms with Crippen LogP contribution in [0.25, 0.3) is 16.5 Å². The van der Waals surface area contributed by atoms with Crippen LogP contribution < -0.4 is 15.6 Å². The molecule has 10 heteroatoms. The van der Waals surface area contributed by atoms with Gasteiger partial charge in [-0.2, -0.15) is 9.78 Å². The zero-order chi connectivity index (χ0) is 22.7. The summed E-state index contributed by atoms with van der Waals surface area (Å²) >= 11 is 1.50. The molecule has 0 spiro atoms. The molecule has 0 atom stereocenters. The van der Waals surface area contributed by atoms with Gasteiger partial charge < -0.3 is 10.1 Å². The van der Waals surface area contributed by atoms with Crippen LogP contribution in [0.1, 0.15) is 18.2 Å². The number of ether oxygens (including phenoxy) is 1. The minimum absolute atomic E-state index is 0.197. The van der Waals surface area contributed by atoms with Gasteiger partial charge in [-0.25, -0.2) is 9.37 Å². The van der Waals surface area contributed by atoms with Gasteiger partial charge in [0.1, 0.15) is 23.1 Å². The maximum Gasteiger partial charge on any atom is 0.263 e. The number of hydrogen-bond donors (Lipinski definition) is 2. The molecule has 3 aromatic heterocycles. The van der Waals surface area contributed by atoms with E-state index in [9.17, 15) is 14.0 Å². The zero-order valence-electron chi connectivity index (χ0n) is 17.4. The van der Waals surface area contributed by atoms with Crippen LogP contribution in [0, 0.1) is 12.7 Å². The van der Waals surface area contributed by atoms with E-state index < -0.39 is 11.7 Å². The number of thiophene rings is 1. The third kappa shape index (κ3) is 4.59. The van der Waals surface area contributed by atoms with Crippen molar-refractivity contribution < 1.29 is 13.9 Å². The number of nitrogens with one attached hydrogen (secondary N) is 2. The molecule has 0 fully saturated rings. The second kappa shape index (κ2) is 9.15. The van der Waals surface area contributed by atoms with Gasteiger partial charge in [0.05, 0.1) is 4.88 Å². The SMILES string of the molecule is CCc1c(C)nc(-n2nc(-c3cccs3)cc2NC(=O)COc2ccc(F)cc2)[nH]c1=O. The molecule has 2 N–H and O–H groups in total. The fraction of sp³-hybridized carbons (Fsp3) is 0.182. The van der Waals surface area contributed by atoms with Crippen molar-refractivity contribution in [2.45, 2.75) is 20.3 Å². The summed E-state index contributed by atoms with van der Waals surface area (Å²) < 4.78 is 19.8. The van der Waals surface area contributed by atoms with Gasteiger partial charge in [0.15, 0.2) is 6.61 Å². The number of H-pyrrole nitrogens is 1. The first-order chi connectivity index (χ1) is 15.4. The molecule has 0 aliphatic rings. The first kappa shape index (κ1) is 21.4. The summed E-state index contributed by atoms with van der Waals surface area (Å²) in [7, 11) is 0. The van der Waals surface area contributed by atoms with E-state index >= 15 is 0 Å². The maximum absolute atomic E-state index is 13.0. The zero-order valence-corrected chi connectivity index (χ0v) is 18.2. The van der Waals surface area contributed by atoms with Gasteiger partial charge in [0.25, 0.3) is 11.5 Å². The van der Waals surface area contributed by atoms with Crippen molar-refractivity contribution >= 4 is 23.1 Å². The Morgan fingerprint density at radius 2 is 2.06 bits per heavy atom. The van der Waals surface area contributed by atoms with Gasteiger partial charge >= 0.3 is 0 Å². The average molecular weight is 453 g/mol. The van der Waals surface area contributed by atoms with Crippen molar-refractivity contribution in [2.75, 3.05) is 11.9 Å². The van der Waals surface area contributed by atoms with E-state index in [0.29, 0.717) is 34.9 Å². The van der Waals surface area contributed by atoms with Crippen molar-refractivity contribution in [3.63, 3.8) is 0 Å². The Hall–Kier alpha value is -3.79. The summed E-state index contributed by atoms with van der Waals surface area (Å²) in [4.78, 5) is 33.1. The molecule has 1 aromatic carbocycles. The first-order valence-electron chi connectivity index (χ1n) is 9.87. The monoisotopic (exact) mass is 453 g/mol. The molecule has 0 saturated heterocycles. The molecular formula is C22H20FN5O3S. The molecule has 1 amide bonds. The van der Waals surface area contributed by atoms with Crippen molar-refractivity contribution in [1.29, 1.82) is 0 Å². The molecule has 164 valence electrons. The molecule has 0 aliphatic heterocycles. The van der Waals surface area contributed by atoms with Crippen LogP contribution in [0.5, 0.6) is 5.75 Å². The average Bonchev–Trinajstić information content (AvgIpc) is 3.43.